The third-order valence-corrected chi connectivity index (χ3v) is 5.52. The highest BCUT2D eigenvalue weighted by Gasteiger charge is 2.67. The van der Waals surface area contributed by atoms with E-state index in [9.17, 15) is 14.7 Å². The van der Waals surface area contributed by atoms with Crippen LogP contribution in [0.1, 0.15) is 13.3 Å². The van der Waals surface area contributed by atoms with Crippen LogP contribution in [0.3, 0.4) is 0 Å². The lowest BCUT2D eigenvalue weighted by Crippen LogP contribution is -2.37. The summed E-state index contributed by atoms with van der Waals surface area (Å²) in [5, 5.41) is 10.4. The van der Waals surface area contributed by atoms with E-state index in [0.717, 1.165) is 11.3 Å². The van der Waals surface area contributed by atoms with Crippen LogP contribution in [0.25, 0.3) is 0 Å². The van der Waals surface area contributed by atoms with E-state index in [-0.39, 0.29) is 41.0 Å². The first-order chi connectivity index (χ1) is 9.94. The lowest BCUT2D eigenvalue weighted by molar-refractivity contribution is -0.127. The summed E-state index contributed by atoms with van der Waals surface area (Å²) in [6.45, 7) is 1.87. The van der Waals surface area contributed by atoms with Gasteiger partial charge in [0.1, 0.15) is 5.75 Å². The Hall–Kier alpha value is -1.81. The van der Waals surface area contributed by atoms with Crippen molar-refractivity contribution in [3.05, 3.63) is 35.4 Å². The van der Waals surface area contributed by atoms with Crippen molar-refractivity contribution < 1.29 is 14.7 Å². The largest absolute Gasteiger partial charge is 0.506 e. The van der Waals surface area contributed by atoms with Crippen LogP contribution in [0.5, 0.6) is 5.75 Å². The van der Waals surface area contributed by atoms with E-state index in [1.165, 1.54) is 18.2 Å². The lowest BCUT2D eigenvalue weighted by atomic mass is 9.71. The molecule has 0 spiro atoms. The van der Waals surface area contributed by atoms with Gasteiger partial charge < -0.3 is 5.11 Å². The number of amides is 2. The number of halogens is 1. The van der Waals surface area contributed by atoms with Gasteiger partial charge in [0.15, 0.2) is 0 Å². The van der Waals surface area contributed by atoms with Crippen LogP contribution in [0.4, 0.5) is 5.69 Å². The van der Waals surface area contributed by atoms with Gasteiger partial charge in [-0.05, 0) is 43.4 Å². The molecule has 1 saturated heterocycles. The molecular formula is C16H14ClNO3. The summed E-state index contributed by atoms with van der Waals surface area (Å²) in [6, 6.07) is 4.40. The number of anilines is 1. The molecule has 4 rings (SSSR count). The van der Waals surface area contributed by atoms with Gasteiger partial charge in [-0.25, -0.2) is 4.90 Å². The molecule has 1 aliphatic heterocycles. The number of carbonyl (C=O) groups excluding carboxylic acids is 2. The zero-order valence-electron chi connectivity index (χ0n) is 11.4. The highest BCUT2D eigenvalue weighted by atomic mass is 35.5. The Morgan fingerprint density at radius 2 is 2.10 bits per heavy atom. The highest BCUT2D eigenvalue weighted by Crippen LogP contribution is 2.61. The number of rotatable bonds is 1. The number of imide groups is 1. The molecule has 1 saturated carbocycles. The molecule has 2 amide bonds. The Bertz CT molecular complexity index is 713. The molecule has 108 valence electrons. The maximum Gasteiger partial charge on any atom is 0.241 e. The quantitative estimate of drug-likeness (QED) is 0.641. The first-order valence-corrected chi connectivity index (χ1v) is 7.37. The zero-order valence-corrected chi connectivity index (χ0v) is 12.2. The van der Waals surface area contributed by atoms with Crippen molar-refractivity contribution in [1.82, 2.24) is 0 Å². The minimum absolute atomic E-state index is 0.107. The lowest BCUT2D eigenvalue weighted by Gasteiger charge is -2.28. The normalized spacial score (nSPS) is 36.7. The number of aromatic hydroxyl groups is 1. The molecule has 5 heteroatoms. The molecule has 4 atom stereocenters. The van der Waals surface area contributed by atoms with Gasteiger partial charge in [-0.15, -0.1) is 0 Å². The standard InChI is InChI=1S/C16H14ClNO3/c1-16-9-3-2-8(6-9)13(16)14(20)18(15(16)21)11-7-10(17)4-5-12(11)19/h2-5,7-9,13,19H,6H2,1H3/t8-,9-,13-,16-/m0/s1. The van der Waals surface area contributed by atoms with E-state index in [2.05, 4.69) is 0 Å². The third kappa shape index (κ3) is 1.41. The van der Waals surface area contributed by atoms with E-state index in [0.29, 0.717) is 5.02 Å². The number of phenols is 1. The second kappa shape index (κ2) is 3.89. The minimum atomic E-state index is -0.689. The second-order valence-corrected chi connectivity index (χ2v) is 6.70. The van der Waals surface area contributed by atoms with Gasteiger partial charge >= 0.3 is 0 Å². The Balaban J connectivity index is 1.85. The molecule has 1 aromatic carbocycles. The van der Waals surface area contributed by atoms with Crippen molar-refractivity contribution in [2.45, 2.75) is 13.3 Å². The smallest absolute Gasteiger partial charge is 0.241 e. The number of hydrogen-bond donors (Lipinski definition) is 1. The summed E-state index contributed by atoms with van der Waals surface area (Å²) >= 11 is 5.94. The molecule has 0 unspecified atom stereocenters. The van der Waals surface area contributed by atoms with Crippen LogP contribution in [0, 0.1) is 23.2 Å². The Labute approximate surface area is 127 Å². The first-order valence-electron chi connectivity index (χ1n) is 7.00. The predicted octanol–water partition coefficient (Wildman–Crippen LogP) is 2.75. The average Bonchev–Trinajstić information content (AvgIpc) is 3.06. The predicted molar refractivity (Wildman–Crippen MR) is 77.9 cm³/mol. The maximum atomic E-state index is 12.9. The van der Waals surface area contributed by atoms with Gasteiger partial charge in [-0.1, -0.05) is 23.8 Å². The third-order valence-electron chi connectivity index (χ3n) is 5.29. The van der Waals surface area contributed by atoms with Gasteiger partial charge in [-0.3, -0.25) is 9.59 Å². The number of benzene rings is 1. The molecule has 2 fully saturated rings. The van der Waals surface area contributed by atoms with Crippen molar-refractivity contribution in [2.75, 3.05) is 4.90 Å². The average molecular weight is 304 g/mol. The molecule has 2 bridgehead atoms. The molecule has 21 heavy (non-hydrogen) atoms. The van der Waals surface area contributed by atoms with Crippen LogP contribution in [0.15, 0.2) is 30.4 Å². The molecule has 4 nitrogen and oxygen atoms in total. The summed E-state index contributed by atoms with van der Waals surface area (Å²) in [5.41, 5.74) is -0.502. The fraction of sp³-hybridized carbons (Fsp3) is 0.375. The van der Waals surface area contributed by atoms with Gasteiger partial charge in [0.2, 0.25) is 11.8 Å². The number of phenolic OH excluding ortho intramolecular Hbond substituents is 1. The van der Waals surface area contributed by atoms with Crippen molar-refractivity contribution >= 4 is 29.1 Å². The van der Waals surface area contributed by atoms with Crippen molar-refractivity contribution in [1.29, 1.82) is 0 Å². The number of allylic oxidation sites excluding steroid dienone is 2. The minimum Gasteiger partial charge on any atom is -0.506 e. The van der Waals surface area contributed by atoms with Crippen LogP contribution in [-0.4, -0.2) is 16.9 Å². The SMILES string of the molecule is C[C@@]12C(=O)N(c3cc(Cl)ccc3O)C(=O)[C@@H]1[C@H]1C=C[C@H]2C1. The van der Waals surface area contributed by atoms with Gasteiger partial charge in [0.05, 0.1) is 17.0 Å². The fourth-order valence-electron chi connectivity index (χ4n) is 4.21. The second-order valence-electron chi connectivity index (χ2n) is 6.26. The number of fused-ring (bicyclic) bond motifs is 5. The molecular weight excluding hydrogens is 290 g/mol. The van der Waals surface area contributed by atoms with Crippen molar-refractivity contribution in [2.24, 2.45) is 23.2 Å². The monoisotopic (exact) mass is 303 g/mol. The Kier molecular flexibility index (Phi) is 2.39. The molecule has 2 aliphatic carbocycles. The van der Waals surface area contributed by atoms with E-state index >= 15 is 0 Å². The zero-order chi connectivity index (χ0) is 14.9. The van der Waals surface area contributed by atoms with Crippen LogP contribution in [0.2, 0.25) is 5.02 Å². The summed E-state index contributed by atoms with van der Waals surface area (Å²) in [7, 11) is 0. The summed E-state index contributed by atoms with van der Waals surface area (Å²) in [4.78, 5) is 26.8. The van der Waals surface area contributed by atoms with E-state index in [1.54, 1.807) is 0 Å². The number of hydrogen-bond acceptors (Lipinski definition) is 3. The van der Waals surface area contributed by atoms with E-state index < -0.39 is 5.41 Å². The van der Waals surface area contributed by atoms with Crippen LogP contribution in [-0.2, 0) is 9.59 Å². The van der Waals surface area contributed by atoms with Gasteiger partial charge in [0.25, 0.3) is 0 Å². The summed E-state index contributed by atoms with van der Waals surface area (Å²) < 4.78 is 0. The van der Waals surface area contributed by atoms with Gasteiger partial charge in [0, 0.05) is 5.02 Å². The topological polar surface area (TPSA) is 57.6 Å². The Morgan fingerprint density at radius 3 is 2.81 bits per heavy atom. The van der Waals surface area contributed by atoms with E-state index in [1.807, 2.05) is 19.1 Å². The summed E-state index contributed by atoms with van der Waals surface area (Å²) in [6.07, 6.45) is 4.96. The van der Waals surface area contributed by atoms with Crippen LogP contribution >= 0.6 is 11.6 Å². The first kappa shape index (κ1) is 12.9. The molecule has 3 aliphatic rings. The highest BCUT2D eigenvalue weighted by molar-refractivity contribution is 6.32. The molecule has 1 aromatic rings. The number of nitrogens with zero attached hydrogens (tertiary/aromatic N) is 1. The molecule has 0 radical (unpaired) electrons. The molecule has 0 aromatic heterocycles. The van der Waals surface area contributed by atoms with Crippen LogP contribution < -0.4 is 4.90 Å². The number of carbonyl (C=O) groups is 2. The van der Waals surface area contributed by atoms with E-state index in [4.69, 9.17) is 11.6 Å². The van der Waals surface area contributed by atoms with Crippen molar-refractivity contribution in [3.63, 3.8) is 0 Å². The maximum absolute atomic E-state index is 12.9. The Morgan fingerprint density at radius 1 is 1.33 bits per heavy atom. The molecule has 1 N–H and O–H groups in total. The summed E-state index contributed by atoms with van der Waals surface area (Å²) in [5.74, 6) is -0.648. The van der Waals surface area contributed by atoms with Crippen molar-refractivity contribution in [3.8, 4) is 5.75 Å². The fourth-order valence-corrected chi connectivity index (χ4v) is 4.38. The van der Waals surface area contributed by atoms with Gasteiger partial charge in [-0.2, -0.15) is 0 Å². The molecule has 1 heterocycles.